The molecule has 1 fully saturated rings. The van der Waals surface area contributed by atoms with E-state index in [0.717, 1.165) is 5.56 Å². The molecular weight excluding hydrogens is 603 g/mol. The zero-order valence-electron chi connectivity index (χ0n) is 22.0. The second-order valence-corrected chi connectivity index (χ2v) is 9.71. The van der Waals surface area contributed by atoms with Gasteiger partial charge in [0.2, 0.25) is 0 Å². The van der Waals surface area contributed by atoms with Crippen LogP contribution in [0.15, 0.2) is 70.8 Å². The van der Waals surface area contributed by atoms with Gasteiger partial charge in [-0.3, -0.25) is 14.5 Å². The Kier molecular flexibility index (Phi) is 9.38. The van der Waals surface area contributed by atoms with Crippen LogP contribution in [0.2, 0.25) is 0 Å². The third-order valence-electron chi connectivity index (χ3n) is 5.91. The van der Waals surface area contributed by atoms with E-state index >= 15 is 0 Å². The van der Waals surface area contributed by atoms with Crippen molar-refractivity contribution in [1.82, 2.24) is 4.90 Å². The van der Waals surface area contributed by atoms with Crippen molar-refractivity contribution in [3.05, 3.63) is 87.8 Å². The molecule has 3 aromatic carbocycles. The molecule has 0 atom stereocenters. The molecule has 0 aromatic heterocycles. The Morgan fingerprint density at radius 2 is 1.75 bits per heavy atom. The lowest BCUT2D eigenvalue weighted by atomic mass is 10.1. The number of amides is 1. The van der Waals surface area contributed by atoms with Gasteiger partial charge >= 0.3 is 5.97 Å². The van der Waals surface area contributed by atoms with E-state index in [1.807, 2.05) is 6.92 Å². The zero-order valence-corrected chi connectivity index (χ0v) is 24.4. The third kappa shape index (κ3) is 6.43. The molecule has 1 heterocycles. The first-order valence-corrected chi connectivity index (χ1v) is 13.4. The summed E-state index contributed by atoms with van der Waals surface area (Å²) in [6, 6.07) is 16.3. The van der Waals surface area contributed by atoms with Crippen LogP contribution in [0.5, 0.6) is 17.2 Å². The number of benzene rings is 3. The van der Waals surface area contributed by atoms with Crippen molar-refractivity contribution in [2.75, 3.05) is 32.3 Å². The van der Waals surface area contributed by atoms with Crippen molar-refractivity contribution in [2.24, 2.45) is 0 Å². The van der Waals surface area contributed by atoms with Crippen LogP contribution >= 0.6 is 28.1 Å². The van der Waals surface area contributed by atoms with Crippen LogP contribution in [0.25, 0.3) is 6.08 Å². The number of ether oxygens (including phenoxy) is 4. The van der Waals surface area contributed by atoms with E-state index in [9.17, 15) is 14.0 Å². The number of carbonyl (C=O) groups excluding carboxylic acids is 2. The zero-order chi connectivity index (χ0) is 28.8. The number of hydrogen-bond donors (Lipinski definition) is 0. The highest BCUT2D eigenvalue weighted by Crippen LogP contribution is 2.39. The molecule has 4 rings (SSSR count). The Labute approximate surface area is 245 Å². The molecule has 3 aromatic rings. The second-order valence-electron chi connectivity index (χ2n) is 8.49. The Balaban J connectivity index is 1.70. The first-order valence-electron chi connectivity index (χ1n) is 12.2. The normalized spacial score (nSPS) is 14.1. The topological polar surface area (TPSA) is 77.5 Å². The lowest BCUT2D eigenvalue weighted by Crippen LogP contribution is -2.35. The number of carbonyl (C=O) groups is 2. The lowest BCUT2D eigenvalue weighted by molar-refractivity contribution is -0.140. The summed E-state index contributed by atoms with van der Waals surface area (Å²) in [5.74, 6) is 0.213. The van der Waals surface area contributed by atoms with Gasteiger partial charge in [0, 0.05) is 0 Å². The first kappa shape index (κ1) is 29.0. The average Bonchev–Trinajstić information content (AvgIpc) is 3.17. The molecule has 0 saturated carbocycles. The van der Waals surface area contributed by atoms with E-state index in [1.54, 1.807) is 61.7 Å². The molecule has 1 amide bonds. The van der Waals surface area contributed by atoms with Crippen molar-refractivity contribution in [3.8, 4) is 17.2 Å². The summed E-state index contributed by atoms with van der Waals surface area (Å²) in [6.07, 6.45) is 1.62. The summed E-state index contributed by atoms with van der Waals surface area (Å²) in [4.78, 5) is 28.7. The maximum Gasteiger partial charge on any atom is 0.325 e. The molecule has 0 N–H and O–H groups in total. The van der Waals surface area contributed by atoms with Gasteiger partial charge in [-0.15, -0.1) is 0 Å². The SMILES string of the molecule is CCOc1cc(/C=C2/C(=O)N(c3ccc(OC)cc3)C(=S)N2CC(=O)OC)cc(Br)c1OCc1ccc(F)cc1. The lowest BCUT2D eigenvalue weighted by Gasteiger charge is -2.19. The molecule has 0 spiro atoms. The van der Waals surface area contributed by atoms with Crippen LogP contribution < -0.4 is 19.1 Å². The van der Waals surface area contributed by atoms with Crippen LogP contribution in [-0.4, -0.2) is 49.3 Å². The Morgan fingerprint density at radius 1 is 1.05 bits per heavy atom. The minimum absolute atomic E-state index is 0.134. The highest BCUT2D eigenvalue weighted by Gasteiger charge is 2.40. The summed E-state index contributed by atoms with van der Waals surface area (Å²) in [5, 5.41) is 0.134. The Hall–Kier alpha value is -3.96. The van der Waals surface area contributed by atoms with E-state index < -0.39 is 11.9 Å². The van der Waals surface area contributed by atoms with Gasteiger partial charge in [-0.05, 0) is 101 Å². The number of esters is 1. The molecule has 11 heteroatoms. The van der Waals surface area contributed by atoms with E-state index in [2.05, 4.69) is 15.9 Å². The van der Waals surface area contributed by atoms with E-state index in [0.29, 0.717) is 39.6 Å². The molecule has 0 bridgehead atoms. The predicted octanol–water partition coefficient (Wildman–Crippen LogP) is 5.72. The van der Waals surface area contributed by atoms with Crippen molar-refractivity contribution in [2.45, 2.75) is 13.5 Å². The molecule has 0 unspecified atom stereocenters. The first-order chi connectivity index (χ1) is 19.2. The molecule has 1 aliphatic heterocycles. The summed E-state index contributed by atoms with van der Waals surface area (Å²) in [7, 11) is 2.82. The van der Waals surface area contributed by atoms with Crippen LogP contribution in [0.4, 0.5) is 10.1 Å². The minimum Gasteiger partial charge on any atom is -0.497 e. The smallest absolute Gasteiger partial charge is 0.325 e. The molecule has 0 radical (unpaired) electrons. The molecular formula is C29H26BrFN2O6S. The van der Waals surface area contributed by atoms with Gasteiger partial charge in [-0.1, -0.05) is 12.1 Å². The number of rotatable bonds is 10. The van der Waals surface area contributed by atoms with E-state index in [4.69, 9.17) is 31.2 Å². The summed E-state index contributed by atoms with van der Waals surface area (Å²) in [5.41, 5.74) is 2.08. The van der Waals surface area contributed by atoms with Gasteiger partial charge in [0.15, 0.2) is 16.6 Å². The monoisotopic (exact) mass is 628 g/mol. The number of nitrogens with zero attached hydrogens (tertiary/aromatic N) is 2. The number of hydrogen-bond acceptors (Lipinski definition) is 7. The number of methoxy groups -OCH3 is 2. The molecule has 1 aliphatic rings. The van der Waals surface area contributed by atoms with Gasteiger partial charge in [-0.2, -0.15) is 0 Å². The average molecular weight is 630 g/mol. The standard InChI is InChI=1S/C29H26BrFN2O6S/c1-4-38-25-15-19(13-23(30)27(25)39-17-18-5-7-20(31)8-6-18)14-24-28(35)33(21-9-11-22(36-2)12-10-21)29(40)32(24)16-26(34)37-3/h5-15H,4,16-17H2,1-3H3/b24-14-. The highest BCUT2D eigenvalue weighted by atomic mass is 79.9. The Bertz CT molecular complexity index is 1450. The van der Waals surface area contributed by atoms with Crippen LogP contribution in [0.1, 0.15) is 18.1 Å². The van der Waals surface area contributed by atoms with Crippen molar-refractivity contribution in [1.29, 1.82) is 0 Å². The largest absolute Gasteiger partial charge is 0.497 e. The van der Waals surface area contributed by atoms with Gasteiger partial charge < -0.3 is 23.8 Å². The van der Waals surface area contributed by atoms with Crippen molar-refractivity contribution >= 4 is 56.9 Å². The van der Waals surface area contributed by atoms with E-state index in [-0.39, 0.29) is 29.8 Å². The van der Waals surface area contributed by atoms with E-state index in [1.165, 1.54) is 29.0 Å². The fraction of sp³-hybridized carbons (Fsp3) is 0.207. The number of halogens is 2. The molecule has 40 heavy (non-hydrogen) atoms. The van der Waals surface area contributed by atoms with Crippen LogP contribution in [0.3, 0.4) is 0 Å². The fourth-order valence-electron chi connectivity index (χ4n) is 3.95. The summed E-state index contributed by atoms with van der Waals surface area (Å²) < 4.78 is 35.7. The van der Waals surface area contributed by atoms with Crippen LogP contribution in [-0.2, 0) is 20.9 Å². The van der Waals surface area contributed by atoms with Gasteiger partial charge in [0.25, 0.3) is 5.91 Å². The van der Waals surface area contributed by atoms with Crippen molar-refractivity contribution < 1.29 is 32.9 Å². The fourth-order valence-corrected chi connectivity index (χ4v) is 4.88. The maximum atomic E-state index is 13.7. The minimum atomic E-state index is -0.557. The molecule has 0 aliphatic carbocycles. The summed E-state index contributed by atoms with van der Waals surface area (Å²) in [6.45, 7) is 2.14. The predicted molar refractivity (Wildman–Crippen MR) is 156 cm³/mol. The summed E-state index contributed by atoms with van der Waals surface area (Å²) >= 11 is 9.16. The third-order valence-corrected chi connectivity index (χ3v) is 6.90. The second kappa shape index (κ2) is 12.9. The van der Waals surface area contributed by atoms with Gasteiger partial charge in [-0.25, -0.2) is 4.39 Å². The van der Waals surface area contributed by atoms with Gasteiger partial charge in [0.05, 0.1) is 31.0 Å². The van der Waals surface area contributed by atoms with Gasteiger partial charge in [0.1, 0.15) is 30.4 Å². The molecule has 1 saturated heterocycles. The molecule has 8 nitrogen and oxygen atoms in total. The highest BCUT2D eigenvalue weighted by molar-refractivity contribution is 9.10. The maximum absolute atomic E-state index is 13.7. The number of thiocarbonyl (C=S) groups is 1. The quantitative estimate of drug-likeness (QED) is 0.160. The number of anilines is 1. The van der Waals surface area contributed by atoms with Crippen LogP contribution in [0, 0.1) is 5.82 Å². The Morgan fingerprint density at radius 3 is 2.38 bits per heavy atom. The van der Waals surface area contributed by atoms with Crippen molar-refractivity contribution in [3.63, 3.8) is 0 Å². The molecule has 208 valence electrons.